The van der Waals surface area contributed by atoms with Crippen LogP contribution in [0.1, 0.15) is 51.3 Å². The summed E-state index contributed by atoms with van der Waals surface area (Å²) in [4.78, 5) is 26.8. The van der Waals surface area contributed by atoms with Gasteiger partial charge in [-0.1, -0.05) is 36.8 Å². The summed E-state index contributed by atoms with van der Waals surface area (Å²) in [6, 6.07) is 7.60. The molecule has 2 amide bonds. The number of hydrogen-bond donors (Lipinski definition) is 1. The molecule has 4 heteroatoms. The minimum atomic E-state index is -0.846. The summed E-state index contributed by atoms with van der Waals surface area (Å²) in [6.45, 7) is 9.47. The molecule has 4 nitrogen and oxygen atoms in total. The molecule has 1 N–H and O–H groups in total. The highest BCUT2D eigenvalue weighted by Crippen LogP contribution is 2.30. The first-order chi connectivity index (χ1) is 9.77. The van der Waals surface area contributed by atoms with Gasteiger partial charge in [-0.2, -0.15) is 0 Å². The molecule has 0 bridgehead atoms. The molecule has 0 saturated carbocycles. The fourth-order valence-electron chi connectivity index (χ4n) is 2.87. The van der Waals surface area contributed by atoms with Crippen molar-refractivity contribution in [3.63, 3.8) is 0 Å². The molecule has 1 fully saturated rings. The second-order valence-electron chi connectivity index (χ2n) is 6.34. The van der Waals surface area contributed by atoms with Crippen molar-refractivity contribution in [3.05, 3.63) is 35.4 Å². The van der Waals surface area contributed by atoms with Crippen molar-refractivity contribution in [3.8, 4) is 0 Å². The maximum atomic E-state index is 12.8. The molecular weight excluding hydrogens is 264 g/mol. The molecule has 2 unspecified atom stereocenters. The highest BCUT2D eigenvalue weighted by atomic mass is 16.2. The Morgan fingerprint density at radius 2 is 1.81 bits per heavy atom. The third kappa shape index (κ3) is 2.80. The van der Waals surface area contributed by atoms with Crippen LogP contribution in [0.25, 0.3) is 0 Å². The Kier molecular flexibility index (Phi) is 4.08. The van der Waals surface area contributed by atoms with Crippen LogP contribution in [0.15, 0.2) is 24.3 Å². The van der Waals surface area contributed by atoms with E-state index in [0.29, 0.717) is 6.42 Å². The maximum absolute atomic E-state index is 12.8. The van der Waals surface area contributed by atoms with Crippen molar-refractivity contribution in [1.29, 1.82) is 0 Å². The largest absolute Gasteiger partial charge is 0.340 e. The summed E-state index contributed by atoms with van der Waals surface area (Å²) < 4.78 is 0. The molecule has 1 aliphatic rings. The van der Waals surface area contributed by atoms with Crippen molar-refractivity contribution in [1.82, 2.24) is 10.2 Å². The Hall–Kier alpha value is -1.84. The zero-order chi connectivity index (χ0) is 15.8. The van der Waals surface area contributed by atoms with Gasteiger partial charge < -0.3 is 10.2 Å². The topological polar surface area (TPSA) is 49.4 Å². The van der Waals surface area contributed by atoms with Gasteiger partial charge in [0.05, 0.1) is 6.04 Å². The van der Waals surface area contributed by atoms with Crippen molar-refractivity contribution in [2.45, 2.75) is 58.7 Å². The van der Waals surface area contributed by atoms with Crippen molar-refractivity contribution < 1.29 is 9.59 Å². The maximum Gasteiger partial charge on any atom is 0.248 e. The number of benzene rings is 1. The first-order valence-electron chi connectivity index (χ1n) is 7.49. The second kappa shape index (κ2) is 5.51. The smallest absolute Gasteiger partial charge is 0.248 e. The Labute approximate surface area is 126 Å². The molecular formula is C17H24N2O2. The average Bonchev–Trinajstić information content (AvgIpc) is 2.42. The summed E-state index contributed by atoms with van der Waals surface area (Å²) in [5, 5.41) is 2.82. The van der Waals surface area contributed by atoms with Crippen LogP contribution < -0.4 is 5.32 Å². The molecule has 1 heterocycles. The van der Waals surface area contributed by atoms with E-state index in [2.05, 4.69) is 5.32 Å². The summed E-state index contributed by atoms with van der Waals surface area (Å²) in [5.74, 6) is -0.0944. The molecule has 2 rings (SSSR count). The molecule has 1 aromatic carbocycles. The van der Waals surface area contributed by atoms with Gasteiger partial charge in [0.1, 0.15) is 11.6 Å². The highest BCUT2D eigenvalue weighted by Gasteiger charge is 2.46. The van der Waals surface area contributed by atoms with E-state index in [9.17, 15) is 9.59 Å². The number of piperazine rings is 1. The molecule has 21 heavy (non-hydrogen) atoms. The number of aryl methyl sites for hydroxylation is 1. The number of rotatable bonds is 3. The van der Waals surface area contributed by atoms with Gasteiger partial charge in [-0.05, 0) is 39.7 Å². The van der Waals surface area contributed by atoms with E-state index in [1.165, 1.54) is 5.56 Å². The summed E-state index contributed by atoms with van der Waals surface area (Å²) in [7, 11) is 0. The van der Waals surface area contributed by atoms with Gasteiger partial charge in [-0.3, -0.25) is 9.59 Å². The van der Waals surface area contributed by atoms with Gasteiger partial charge >= 0.3 is 0 Å². The lowest BCUT2D eigenvalue weighted by atomic mass is 9.92. The van der Waals surface area contributed by atoms with E-state index in [1.54, 1.807) is 18.7 Å². The van der Waals surface area contributed by atoms with Gasteiger partial charge in [0.25, 0.3) is 0 Å². The molecule has 0 spiro atoms. The fourth-order valence-corrected chi connectivity index (χ4v) is 2.87. The number of hydrogen-bond acceptors (Lipinski definition) is 2. The zero-order valence-electron chi connectivity index (χ0n) is 13.4. The number of carbonyl (C=O) groups is 2. The Morgan fingerprint density at radius 3 is 2.33 bits per heavy atom. The van der Waals surface area contributed by atoms with E-state index in [4.69, 9.17) is 0 Å². The minimum absolute atomic E-state index is 0.0259. The van der Waals surface area contributed by atoms with Crippen molar-refractivity contribution in [2.24, 2.45) is 0 Å². The predicted molar refractivity (Wildman–Crippen MR) is 82.7 cm³/mol. The van der Waals surface area contributed by atoms with E-state index in [0.717, 1.165) is 5.56 Å². The monoisotopic (exact) mass is 288 g/mol. The molecule has 0 radical (unpaired) electrons. The zero-order valence-corrected chi connectivity index (χ0v) is 13.4. The molecule has 1 aromatic rings. The van der Waals surface area contributed by atoms with E-state index in [1.807, 2.05) is 45.0 Å². The number of nitrogens with one attached hydrogen (secondary N) is 1. The van der Waals surface area contributed by atoms with Gasteiger partial charge in [-0.25, -0.2) is 0 Å². The lowest BCUT2D eigenvalue weighted by molar-refractivity contribution is -0.156. The molecule has 0 aromatic heterocycles. The summed E-state index contributed by atoms with van der Waals surface area (Å²) in [5.41, 5.74) is 1.39. The van der Waals surface area contributed by atoms with E-state index >= 15 is 0 Å². The minimum Gasteiger partial charge on any atom is -0.340 e. The van der Waals surface area contributed by atoms with Gasteiger partial charge in [-0.15, -0.1) is 0 Å². The average molecular weight is 288 g/mol. The second-order valence-corrected chi connectivity index (χ2v) is 6.34. The van der Waals surface area contributed by atoms with Gasteiger partial charge in [0.2, 0.25) is 11.8 Å². The quantitative estimate of drug-likeness (QED) is 0.929. The molecule has 0 aliphatic carbocycles. The molecule has 1 aliphatic heterocycles. The molecule has 2 atom stereocenters. The third-order valence-corrected chi connectivity index (χ3v) is 4.21. The van der Waals surface area contributed by atoms with Crippen LogP contribution in [0, 0.1) is 6.92 Å². The number of nitrogens with zero attached hydrogens (tertiary/aromatic N) is 1. The Bertz CT molecular complexity index is 548. The Morgan fingerprint density at radius 1 is 1.24 bits per heavy atom. The lowest BCUT2D eigenvalue weighted by Gasteiger charge is -2.45. The summed E-state index contributed by atoms with van der Waals surface area (Å²) >= 11 is 0. The third-order valence-electron chi connectivity index (χ3n) is 4.21. The van der Waals surface area contributed by atoms with Crippen molar-refractivity contribution in [2.75, 3.05) is 0 Å². The first-order valence-corrected chi connectivity index (χ1v) is 7.49. The van der Waals surface area contributed by atoms with Crippen LogP contribution in [0.3, 0.4) is 0 Å². The standard InChI is InChI=1S/C17H24N2O2/c1-6-14-15(20)18-17(4,5)16(21)19(14)12(3)13-9-7-11(2)8-10-13/h7-10,12,14H,6H2,1-5H3,(H,18,20). The normalized spacial score (nSPS) is 22.9. The number of amides is 2. The SMILES string of the molecule is CCC1C(=O)NC(C)(C)C(=O)N1C(C)c1ccc(C)cc1. The lowest BCUT2D eigenvalue weighted by Crippen LogP contribution is -2.68. The van der Waals surface area contributed by atoms with Crippen LogP contribution in [-0.4, -0.2) is 28.3 Å². The van der Waals surface area contributed by atoms with Gasteiger partial charge in [0.15, 0.2) is 0 Å². The Balaban J connectivity index is 2.39. The molecule has 1 saturated heterocycles. The van der Waals surface area contributed by atoms with E-state index in [-0.39, 0.29) is 17.9 Å². The van der Waals surface area contributed by atoms with Crippen LogP contribution in [0.5, 0.6) is 0 Å². The number of carbonyl (C=O) groups excluding carboxylic acids is 2. The predicted octanol–water partition coefficient (Wildman–Crippen LogP) is 2.57. The highest BCUT2D eigenvalue weighted by molar-refractivity contribution is 5.99. The first kappa shape index (κ1) is 15.5. The molecule has 114 valence electrons. The van der Waals surface area contributed by atoms with E-state index < -0.39 is 11.6 Å². The van der Waals surface area contributed by atoms with Crippen LogP contribution >= 0.6 is 0 Å². The fraction of sp³-hybridized carbons (Fsp3) is 0.529. The van der Waals surface area contributed by atoms with Crippen LogP contribution in [0.2, 0.25) is 0 Å². The summed E-state index contributed by atoms with van der Waals surface area (Å²) in [6.07, 6.45) is 0.615. The van der Waals surface area contributed by atoms with Crippen LogP contribution in [-0.2, 0) is 9.59 Å². The van der Waals surface area contributed by atoms with Crippen LogP contribution in [0.4, 0.5) is 0 Å². The van der Waals surface area contributed by atoms with Crippen molar-refractivity contribution >= 4 is 11.8 Å². The van der Waals surface area contributed by atoms with Gasteiger partial charge in [0, 0.05) is 0 Å².